The van der Waals surface area contributed by atoms with Crippen LogP contribution in [-0.2, 0) is 17.9 Å². The summed E-state index contributed by atoms with van der Waals surface area (Å²) in [5, 5.41) is 7.93. The lowest BCUT2D eigenvalue weighted by Gasteiger charge is -2.09. The normalized spacial score (nSPS) is 11.3. The van der Waals surface area contributed by atoms with Crippen LogP contribution in [0.2, 0.25) is 0 Å². The molecule has 0 saturated carbocycles. The molecule has 8 nitrogen and oxygen atoms in total. The van der Waals surface area contributed by atoms with Gasteiger partial charge in [0.05, 0.1) is 26.0 Å². The molecule has 0 amide bonds. The van der Waals surface area contributed by atoms with Crippen molar-refractivity contribution in [3.05, 3.63) is 58.5 Å². The van der Waals surface area contributed by atoms with Crippen LogP contribution < -0.4 is 10.2 Å². The average molecular weight is 384 g/mol. The minimum absolute atomic E-state index is 0.0449. The molecule has 0 spiro atoms. The van der Waals surface area contributed by atoms with Gasteiger partial charge in [-0.05, 0) is 24.3 Å². The zero-order chi connectivity index (χ0) is 19.3. The van der Waals surface area contributed by atoms with E-state index >= 15 is 0 Å². The highest BCUT2D eigenvalue weighted by atomic mass is 19.1. The molecule has 2 heterocycles. The van der Waals surface area contributed by atoms with Crippen molar-refractivity contribution in [2.75, 3.05) is 19.9 Å². The van der Waals surface area contributed by atoms with Crippen LogP contribution in [0.5, 0.6) is 5.75 Å². The third-order valence-corrected chi connectivity index (χ3v) is 3.97. The molecule has 0 fully saturated rings. The number of hydrogen-bond acceptors (Lipinski definition) is 7. The molecule has 0 N–H and O–H groups in total. The Morgan fingerprint density at radius 2 is 2.07 bits per heavy atom. The molecule has 1 aliphatic carbocycles. The van der Waals surface area contributed by atoms with Gasteiger partial charge >= 0.3 is 0 Å². The Kier molecular flexibility index (Phi) is 5.24. The van der Waals surface area contributed by atoms with Gasteiger partial charge in [0.25, 0.3) is 0 Å². The van der Waals surface area contributed by atoms with E-state index in [9.17, 15) is 9.18 Å². The molecule has 0 unspecified atom stereocenters. The van der Waals surface area contributed by atoms with Gasteiger partial charge in [-0.25, -0.2) is 14.1 Å². The van der Waals surface area contributed by atoms with Crippen molar-refractivity contribution < 1.29 is 18.3 Å². The lowest BCUT2D eigenvalue weighted by Crippen LogP contribution is -2.08. The Bertz CT molecular complexity index is 1110. The van der Waals surface area contributed by atoms with Crippen molar-refractivity contribution in [3.8, 4) is 17.2 Å². The van der Waals surface area contributed by atoms with Gasteiger partial charge in [0, 0.05) is 12.1 Å². The molecular weight excluding hydrogens is 367 g/mol. The summed E-state index contributed by atoms with van der Waals surface area (Å²) in [6.45, 7) is 0.599. The monoisotopic (exact) mass is 384 g/mol. The predicted octanol–water partition coefficient (Wildman–Crippen LogP) is 2.45. The van der Waals surface area contributed by atoms with E-state index in [0.717, 1.165) is 0 Å². The van der Waals surface area contributed by atoms with Gasteiger partial charge in [-0.15, -0.1) is 5.10 Å². The SMILES string of the molecule is O=c1ccc2nc3ccc(OCCn4cc(COCCF)nn4)cc3oc-2c1. The van der Waals surface area contributed by atoms with Gasteiger partial charge in [-0.2, -0.15) is 0 Å². The highest BCUT2D eigenvalue weighted by Crippen LogP contribution is 2.26. The van der Waals surface area contributed by atoms with Gasteiger partial charge in [-0.3, -0.25) is 4.79 Å². The first-order chi connectivity index (χ1) is 13.7. The minimum Gasteiger partial charge on any atom is -0.492 e. The zero-order valence-corrected chi connectivity index (χ0v) is 14.9. The Labute approximate surface area is 158 Å². The summed E-state index contributed by atoms with van der Waals surface area (Å²) >= 11 is 0. The van der Waals surface area contributed by atoms with Crippen LogP contribution in [0.25, 0.3) is 22.6 Å². The van der Waals surface area contributed by atoms with Crippen molar-refractivity contribution in [2.45, 2.75) is 13.2 Å². The second-order valence-corrected chi connectivity index (χ2v) is 6.04. The van der Waals surface area contributed by atoms with Gasteiger partial charge in [0.2, 0.25) is 0 Å². The fourth-order valence-corrected chi connectivity index (χ4v) is 2.68. The first-order valence-corrected chi connectivity index (χ1v) is 8.71. The number of halogens is 1. The molecule has 1 aromatic carbocycles. The van der Waals surface area contributed by atoms with Crippen LogP contribution >= 0.6 is 0 Å². The fraction of sp³-hybridized carbons (Fsp3) is 0.263. The molecule has 0 saturated heterocycles. The Balaban J connectivity index is 1.40. The summed E-state index contributed by atoms with van der Waals surface area (Å²) in [5.41, 5.74) is 2.33. The summed E-state index contributed by atoms with van der Waals surface area (Å²) in [5.74, 6) is 1.05. The van der Waals surface area contributed by atoms with Crippen LogP contribution in [0.3, 0.4) is 0 Å². The van der Waals surface area contributed by atoms with Gasteiger partial charge in [-0.1, -0.05) is 5.21 Å². The van der Waals surface area contributed by atoms with E-state index in [4.69, 9.17) is 13.9 Å². The Morgan fingerprint density at radius 3 is 2.96 bits per heavy atom. The first-order valence-electron chi connectivity index (χ1n) is 8.71. The second kappa shape index (κ2) is 8.13. The van der Waals surface area contributed by atoms with E-state index in [1.54, 1.807) is 35.1 Å². The number of ether oxygens (including phenoxy) is 2. The van der Waals surface area contributed by atoms with Crippen molar-refractivity contribution in [3.63, 3.8) is 0 Å². The molecule has 2 aliphatic rings. The number of benzene rings is 2. The predicted molar refractivity (Wildman–Crippen MR) is 98.0 cm³/mol. The van der Waals surface area contributed by atoms with Crippen molar-refractivity contribution in [1.29, 1.82) is 0 Å². The smallest absolute Gasteiger partial charge is 0.182 e. The van der Waals surface area contributed by atoms with Crippen molar-refractivity contribution >= 4 is 11.1 Å². The van der Waals surface area contributed by atoms with Crippen molar-refractivity contribution in [1.82, 2.24) is 20.0 Å². The molecule has 2 aromatic rings. The lowest BCUT2D eigenvalue weighted by molar-refractivity contribution is 0.104. The maximum Gasteiger partial charge on any atom is 0.182 e. The molecule has 9 heteroatoms. The number of fused-ring (bicyclic) bond motifs is 2. The maximum absolute atomic E-state index is 12.0. The van der Waals surface area contributed by atoms with Crippen molar-refractivity contribution in [2.24, 2.45) is 0 Å². The number of hydrogen-bond donors (Lipinski definition) is 0. The second-order valence-electron chi connectivity index (χ2n) is 6.04. The number of alkyl halides is 1. The van der Waals surface area contributed by atoms with Crippen LogP contribution in [-0.4, -0.2) is 39.9 Å². The summed E-state index contributed by atoms with van der Waals surface area (Å²) < 4.78 is 30.2. The van der Waals surface area contributed by atoms with E-state index in [1.807, 2.05) is 0 Å². The quantitative estimate of drug-likeness (QED) is 0.340. The molecule has 144 valence electrons. The lowest BCUT2D eigenvalue weighted by atomic mass is 10.2. The number of aromatic nitrogens is 4. The van der Waals surface area contributed by atoms with Crippen LogP contribution in [0, 0.1) is 0 Å². The third kappa shape index (κ3) is 4.15. The Morgan fingerprint density at radius 1 is 1.14 bits per heavy atom. The molecule has 1 aromatic heterocycles. The number of rotatable bonds is 8. The van der Waals surface area contributed by atoms with E-state index in [-0.39, 0.29) is 18.6 Å². The van der Waals surface area contributed by atoms with Gasteiger partial charge < -0.3 is 13.9 Å². The van der Waals surface area contributed by atoms with E-state index in [0.29, 0.717) is 47.1 Å². The van der Waals surface area contributed by atoms with Crippen LogP contribution in [0.1, 0.15) is 5.69 Å². The van der Waals surface area contributed by atoms with Crippen LogP contribution in [0.15, 0.2) is 51.8 Å². The molecule has 0 radical (unpaired) electrons. The highest BCUT2D eigenvalue weighted by Gasteiger charge is 2.10. The van der Waals surface area contributed by atoms with E-state index < -0.39 is 6.67 Å². The molecule has 4 rings (SSSR count). The van der Waals surface area contributed by atoms with E-state index in [2.05, 4.69) is 15.3 Å². The van der Waals surface area contributed by atoms with E-state index in [1.165, 1.54) is 12.1 Å². The molecule has 28 heavy (non-hydrogen) atoms. The topological polar surface area (TPSA) is 92.3 Å². The fourth-order valence-electron chi connectivity index (χ4n) is 2.68. The first kappa shape index (κ1) is 18.1. The standard InChI is InChI=1S/C19H17FN4O4/c20-5-7-26-12-13-11-24(23-22-13)6-8-27-15-2-4-17-19(10-15)28-18-9-14(25)1-3-16(18)21-17/h1-4,9-11H,5-8,12H2. The summed E-state index contributed by atoms with van der Waals surface area (Å²) in [7, 11) is 0. The minimum atomic E-state index is -0.524. The zero-order valence-electron chi connectivity index (χ0n) is 14.9. The number of nitrogens with zero attached hydrogens (tertiary/aromatic N) is 4. The summed E-state index contributed by atoms with van der Waals surface area (Å²) in [6.07, 6.45) is 1.73. The third-order valence-electron chi connectivity index (χ3n) is 3.97. The maximum atomic E-state index is 12.0. The Hall–Kier alpha value is -3.33. The molecule has 0 bridgehead atoms. The highest BCUT2D eigenvalue weighted by molar-refractivity contribution is 5.77. The van der Waals surface area contributed by atoms with Gasteiger partial charge in [0.1, 0.15) is 35.9 Å². The van der Waals surface area contributed by atoms with Crippen LogP contribution in [0.4, 0.5) is 4.39 Å². The molecule has 1 aliphatic heterocycles. The largest absolute Gasteiger partial charge is 0.492 e. The molecular formula is C19H17FN4O4. The van der Waals surface area contributed by atoms with Gasteiger partial charge in [0.15, 0.2) is 16.8 Å². The summed E-state index contributed by atoms with van der Waals surface area (Å²) in [6, 6.07) is 9.84. The molecule has 0 atom stereocenters. The average Bonchev–Trinajstić information content (AvgIpc) is 3.14. The summed E-state index contributed by atoms with van der Waals surface area (Å²) in [4.78, 5) is 16.0.